The first-order chi connectivity index (χ1) is 8.75. The largest absolute Gasteiger partial charge is 0.376 e. The summed E-state index contributed by atoms with van der Waals surface area (Å²) in [7, 11) is 0. The molecule has 1 fully saturated rings. The van der Waals surface area contributed by atoms with Crippen LogP contribution in [0, 0.1) is 0 Å². The Kier molecular flexibility index (Phi) is 5.10. The maximum atomic E-state index is 5.50. The number of nitrogens with zero attached hydrogens (tertiary/aromatic N) is 1. The zero-order valence-electron chi connectivity index (χ0n) is 10.3. The highest BCUT2D eigenvalue weighted by molar-refractivity contribution is 7.80. The standard InChI is InChI=1S/C12H17N3OS2/c1-9(11-5-3-7-18-11)14-15-12(17)13-8-10-4-2-6-16-10/h3,5,7,10H,2,4,6,8H2,1H3,(H2,13,15,17)/b14-9-/t10-/m1/s1. The average molecular weight is 283 g/mol. The quantitative estimate of drug-likeness (QED) is 0.505. The Labute approximate surface area is 116 Å². The van der Waals surface area contributed by atoms with Crippen LogP contribution in [0.2, 0.25) is 0 Å². The van der Waals surface area contributed by atoms with Crippen LogP contribution in [0.25, 0.3) is 0 Å². The van der Waals surface area contributed by atoms with Crippen molar-refractivity contribution in [2.45, 2.75) is 25.9 Å². The molecule has 0 amide bonds. The summed E-state index contributed by atoms with van der Waals surface area (Å²) in [6, 6.07) is 4.04. The van der Waals surface area contributed by atoms with Gasteiger partial charge in [-0.15, -0.1) is 11.3 Å². The summed E-state index contributed by atoms with van der Waals surface area (Å²) >= 11 is 6.82. The van der Waals surface area contributed by atoms with Crippen molar-refractivity contribution in [2.75, 3.05) is 13.2 Å². The third-order valence-corrected chi connectivity index (χ3v) is 3.93. The summed E-state index contributed by atoms with van der Waals surface area (Å²) in [5, 5.41) is 9.93. The van der Waals surface area contributed by atoms with Gasteiger partial charge in [-0.3, -0.25) is 5.43 Å². The molecule has 0 aromatic carbocycles. The number of thiocarbonyl (C=S) groups is 1. The number of hydrogen-bond acceptors (Lipinski definition) is 4. The van der Waals surface area contributed by atoms with Crippen LogP contribution in [0.5, 0.6) is 0 Å². The fraction of sp³-hybridized carbons (Fsp3) is 0.500. The molecule has 1 saturated heterocycles. The van der Waals surface area contributed by atoms with Gasteiger partial charge in [-0.1, -0.05) is 6.07 Å². The number of rotatable bonds is 4. The lowest BCUT2D eigenvalue weighted by atomic mass is 10.2. The van der Waals surface area contributed by atoms with Crippen molar-refractivity contribution < 1.29 is 4.74 Å². The van der Waals surface area contributed by atoms with Gasteiger partial charge in [0, 0.05) is 18.0 Å². The molecule has 98 valence electrons. The molecule has 1 aliphatic heterocycles. The second kappa shape index (κ2) is 6.82. The molecule has 4 nitrogen and oxygen atoms in total. The van der Waals surface area contributed by atoms with Crippen molar-refractivity contribution in [3.05, 3.63) is 22.4 Å². The monoisotopic (exact) mass is 283 g/mol. The summed E-state index contributed by atoms with van der Waals surface area (Å²) in [5.74, 6) is 0. The summed E-state index contributed by atoms with van der Waals surface area (Å²) in [4.78, 5) is 1.14. The van der Waals surface area contributed by atoms with E-state index >= 15 is 0 Å². The minimum Gasteiger partial charge on any atom is -0.376 e. The molecule has 18 heavy (non-hydrogen) atoms. The molecule has 1 aromatic heterocycles. The molecule has 2 rings (SSSR count). The number of hydrazone groups is 1. The second-order valence-electron chi connectivity index (χ2n) is 4.13. The summed E-state index contributed by atoms with van der Waals surface area (Å²) in [6.07, 6.45) is 2.53. The number of hydrogen-bond donors (Lipinski definition) is 2. The zero-order valence-corrected chi connectivity index (χ0v) is 11.9. The predicted octanol–water partition coefficient (Wildman–Crippen LogP) is 2.12. The van der Waals surface area contributed by atoms with E-state index in [2.05, 4.69) is 15.8 Å². The maximum Gasteiger partial charge on any atom is 0.187 e. The van der Waals surface area contributed by atoms with Gasteiger partial charge in [0.15, 0.2) is 5.11 Å². The van der Waals surface area contributed by atoms with Crippen molar-refractivity contribution in [1.82, 2.24) is 10.7 Å². The van der Waals surface area contributed by atoms with Crippen molar-refractivity contribution in [1.29, 1.82) is 0 Å². The van der Waals surface area contributed by atoms with E-state index in [1.54, 1.807) is 11.3 Å². The number of thiophene rings is 1. The molecule has 1 aromatic rings. The summed E-state index contributed by atoms with van der Waals surface area (Å²) in [5.41, 5.74) is 3.79. The van der Waals surface area contributed by atoms with Gasteiger partial charge in [-0.05, 0) is 43.4 Å². The molecule has 0 unspecified atom stereocenters. The van der Waals surface area contributed by atoms with Crippen LogP contribution in [-0.2, 0) is 4.74 Å². The topological polar surface area (TPSA) is 45.7 Å². The molecule has 1 atom stereocenters. The Morgan fingerprint density at radius 3 is 3.22 bits per heavy atom. The third kappa shape index (κ3) is 4.04. The molecule has 0 aliphatic carbocycles. The second-order valence-corrected chi connectivity index (χ2v) is 5.49. The van der Waals surface area contributed by atoms with Crippen molar-refractivity contribution in [3.63, 3.8) is 0 Å². The van der Waals surface area contributed by atoms with Gasteiger partial charge in [0.25, 0.3) is 0 Å². The molecular weight excluding hydrogens is 266 g/mol. The molecule has 6 heteroatoms. The van der Waals surface area contributed by atoms with E-state index in [0.29, 0.717) is 5.11 Å². The molecule has 0 saturated carbocycles. The van der Waals surface area contributed by atoms with Crippen LogP contribution in [0.1, 0.15) is 24.6 Å². The van der Waals surface area contributed by atoms with E-state index in [9.17, 15) is 0 Å². The van der Waals surface area contributed by atoms with E-state index in [4.69, 9.17) is 17.0 Å². The van der Waals surface area contributed by atoms with Gasteiger partial charge in [-0.25, -0.2) is 0 Å². The van der Waals surface area contributed by atoms with Gasteiger partial charge in [0.1, 0.15) is 0 Å². The molecule has 2 N–H and O–H groups in total. The van der Waals surface area contributed by atoms with Crippen LogP contribution in [-0.4, -0.2) is 30.1 Å². The van der Waals surface area contributed by atoms with E-state index in [-0.39, 0.29) is 6.10 Å². The van der Waals surface area contributed by atoms with Gasteiger partial charge >= 0.3 is 0 Å². The lowest BCUT2D eigenvalue weighted by molar-refractivity contribution is 0.114. The van der Waals surface area contributed by atoms with Gasteiger partial charge in [0.05, 0.1) is 11.8 Å². The van der Waals surface area contributed by atoms with Crippen molar-refractivity contribution in [2.24, 2.45) is 5.10 Å². The fourth-order valence-electron chi connectivity index (χ4n) is 1.73. The Bertz CT molecular complexity index is 411. The maximum absolute atomic E-state index is 5.50. The predicted molar refractivity (Wildman–Crippen MR) is 79.2 cm³/mol. The Balaban J connectivity index is 1.72. The van der Waals surface area contributed by atoms with Gasteiger partial charge in [0.2, 0.25) is 0 Å². The number of nitrogens with one attached hydrogen (secondary N) is 2. The third-order valence-electron chi connectivity index (χ3n) is 2.72. The minimum atomic E-state index is 0.284. The highest BCUT2D eigenvalue weighted by Gasteiger charge is 2.15. The first-order valence-corrected chi connectivity index (χ1v) is 7.28. The Morgan fingerprint density at radius 2 is 2.56 bits per heavy atom. The zero-order chi connectivity index (χ0) is 12.8. The van der Waals surface area contributed by atoms with Crippen molar-refractivity contribution >= 4 is 34.4 Å². The van der Waals surface area contributed by atoms with E-state index in [1.165, 1.54) is 0 Å². The first-order valence-electron chi connectivity index (χ1n) is 5.99. The van der Waals surface area contributed by atoms with Crippen LogP contribution < -0.4 is 10.7 Å². The minimum absolute atomic E-state index is 0.284. The lowest BCUT2D eigenvalue weighted by Gasteiger charge is -2.12. The molecular formula is C12H17N3OS2. The highest BCUT2D eigenvalue weighted by Crippen LogP contribution is 2.10. The molecule has 2 heterocycles. The van der Waals surface area contributed by atoms with E-state index < -0.39 is 0 Å². The first kappa shape index (κ1) is 13.5. The van der Waals surface area contributed by atoms with Crippen LogP contribution in [0.15, 0.2) is 22.6 Å². The smallest absolute Gasteiger partial charge is 0.187 e. The average Bonchev–Trinajstić information content (AvgIpc) is 3.05. The highest BCUT2D eigenvalue weighted by atomic mass is 32.1. The Morgan fingerprint density at radius 1 is 1.67 bits per heavy atom. The lowest BCUT2D eigenvalue weighted by Crippen LogP contribution is -2.37. The Hall–Kier alpha value is -0.980. The SMILES string of the molecule is C/C(=N/NC(=S)NC[C@H]1CCCO1)c1cccs1. The molecule has 0 bridgehead atoms. The van der Waals surface area contributed by atoms with E-state index in [1.807, 2.05) is 24.4 Å². The summed E-state index contributed by atoms with van der Waals surface area (Å²) < 4.78 is 5.50. The number of ether oxygens (including phenoxy) is 1. The summed E-state index contributed by atoms with van der Waals surface area (Å²) in [6.45, 7) is 3.57. The molecule has 1 aliphatic rings. The fourth-order valence-corrected chi connectivity index (χ4v) is 2.53. The van der Waals surface area contributed by atoms with Crippen molar-refractivity contribution in [3.8, 4) is 0 Å². The van der Waals surface area contributed by atoms with Crippen LogP contribution >= 0.6 is 23.6 Å². The normalized spacial score (nSPS) is 19.8. The van der Waals surface area contributed by atoms with Crippen LogP contribution in [0.4, 0.5) is 0 Å². The van der Waals surface area contributed by atoms with Crippen LogP contribution in [0.3, 0.4) is 0 Å². The van der Waals surface area contributed by atoms with Gasteiger partial charge in [-0.2, -0.15) is 5.10 Å². The van der Waals surface area contributed by atoms with Gasteiger partial charge < -0.3 is 10.1 Å². The van der Waals surface area contributed by atoms with E-state index in [0.717, 1.165) is 36.6 Å². The molecule has 0 radical (unpaired) electrons. The molecule has 0 spiro atoms.